The van der Waals surface area contributed by atoms with Crippen molar-refractivity contribution >= 4 is 11.8 Å². The SMILES string of the molecule is Cc1cc(N[C@@H]2CC[C@H](C(=O)O)N(C)C2)nnc1-c1ccc(OC(F)F)cc1O. The minimum atomic E-state index is -2.98. The zero-order valence-electron chi connectivity index (χ0n) is 16.0. The first kappa shape index (κ1) is 20.7. The molecule has 3 N–H and O–H groups in total. The van der Waals surface area contributed by atoms with Crippen LogP contribution in [0.15, 0.2) is 24.3 Å². The number of anilines is 1. The molecule has 0 radical (unpaired) electrons. The van der Waals surface area contributed by atoms with E-state index >= 15 is 0 Å². The van der Waals surface area contributed by atoms with Crippen LogP contribution in [-0.4, -0.2) is 63.6 Å². The Bertz CT molecular complexity index is 897. The second kappa shape index (κ2) is 8.56. The van der Waals surface area contributed by atoms with Crippen LogP contribution < -0.4 is 10.1 Å². The fourth-order valence-corrected chi connectivity index (χ4v) is 3.49. The van der Waals surface area contributed by atoms with Crippen LogP contribution in [0.5, 0.6) is 11.5 Å². The van der Waals surface area contributed by atoms with Crippen molar-refractivity contribution < 1.29 is 28.5 Å². The second-order valence-electron chi connectivity index (χ2n) is 7.03. The molecule has 0 unspecified atom stereocenters. The standard InChI is InChI=1S/C19H22F2N4O4/c1-10-7-16(22-11-3-6-14(18(27)28)25(2)9-11)23-24-17(10)13-5-4-12(8-15(13)26)29-19(20)21/h4-5,7-8,11,14,19,26H,3,6,9H2,1-2H3,(H,22,23)(H,27,28)/t11-,14-/m1/s1. The first-order valence-corrected chi connectivity index (χ1v) is 9.06. The van der Waals surface area contributed by atoms with Gasteiger partial charge in [0, 0.05) is 24.2 Å². The molecule has 10 heteroatoms. The average Bonchev–Trinajstić information content (AvgIpc) is 2.62. The number of aliphatic carboxylic acids is 1. The van der Waals surface area contributed by atoms with Crippen LogP contribution in [-0.2, 0) is 4.79 Å². The number of rotatable bonds is 6. The van der Waals surface area contributed by atoms with Crippen LogP contribution in [0, 0.1) is 6.92 Å². The number of ether oxygens (including phenoxy) is 1. The number of halogens is 2. The van der Waals surface area contributed by atoms with Gasteiger partial charge in [-0.1, -0.05) is 0 Å². The highest BCUT2D eigenvalue weighted by Crippen LogP contribution is 2.33. The number of nitrogens with zero attached hydrogens (tertiary/aromatic N) is 3. The summed E-state index contributed by atoms with van der Waals surface area (Å²) >= 11 is 0. The van der Waals surface area contributed by atoms with Gasteiger partial charge in [-0.2, -0.15) is 8.78 Å². The van der Waals surface area contributed by atoms with Gasteiger partial charge in [-0.3, -0.25) is 9.69 Å². The lowest BCUT2D eigenvalue weighted by molar-refractivity contribution is -0.143. The highest BCUT2D eigenvalue weighted by Gasteiger charge is 2.30. The number of hydrogen-bond acceptors (Lipinski definition) is 7. The lowest BCUT2D eigenvalue weighted by Crippen LogP contribution is -2.49. The summed E-state index contributed by atoms with van der Waals surface area (Å²) in [6.45, 7) is -0.617. The van der Waals surface area contributed by atoms with Crippen molar-refractivity contribution in [1.29, 1.82) is 0 Å². The van der Waals surface area contributed by atoms with Gasteiger partial charge in [0.2, 0.25) is 0 Å². The van der Waals surface area contributed by atoms with Crippen molar-refractivity contribution in [1.82, 2.24) is 15.1 Å². The largest absolute Gasteiger partial charge is 0.507 e. The number of alkyl halides is 2. The molecular weight excluding hydrogens is 386 g/mol. The number of aryl methyl sites for hydroxylation is 1. The Morgan fingerprint density at radius 3 is 2.66 bits per heavy atom. The number of phenols is 1. The molecule has 1 aliphatic rings. The molecule has 1 aliphatic heterocycles. The third-order valence-electron chi connectivity index (χ3n) is 4.90. The molecule has 0 aliphatic carbocycles. The number of likely N-dealkylation sites (tertiary alicyclic amines) is 1. The van der Waals surface area contributed by atoms with E-state index in [0.717, 1.165) is 11.6 Å². The Labute approximate surface area is 166 Å². The molecule has 0 amide bonds. The summed E-state index contributed by atoms with van der Waals surface area (Å²) < 4.78 is 28.9. The number of carboxylic acids is 1. The third kappa shape index (κ3) is 4.89. The van der Waals surface area contributed by atoms with Crippen molar-refractivity contribution in [3.05, 3.63) is 29.8 Å². The maximum atomic E-state index is 12.3. The highest BCUT2D eigenvalue weighted by molar-refractivity contribution is 5.73. The molecule has 3 rings (SSSR count). The predicted molar refractivity (Wildman–Crippen MR) is 101 cm³/mol. The van der Waals surface area contributed by atoms with E-state index in [1.54, 1.807) is 24.9 Å². The van der Waals surface area contributed by atoms with E-state index in [1.807, 2.05) is 0 Å². The monoisotopic (exact) mass is 408 g/mol. The van der Waals surface area contributed by atoms with E-state index in [0.29, 0.717) is 36.5 Å². The molecule has 8 nitrogen and oxygen atoms in total. The van der Waals surface area contributed by atoms with Crippen molar-refractivity contribution in [3.63, 3.8) is 0 Å². The summed E-state index contributed by atoms with van der Waals surface area (Å²) in [6, 6.07) is 5.20. The third-order valence-corrected chi connectivity index (χ3v) is 4.90. The molecule has 0 saturated carbocycles. The van der Waals surface area contributed by atoms with Gasteiger partial charge in [0.05, 0.1) is 5.69 Å². The van der Waals surface area contributed by atoms with E-state index in [4.69, 9.17) is 0 Å². The number of benzene rings is 1. The minimum Gasteiger partial charge on any atom is -0.507 e. The molecular formula is C19H22F2N4O4. The fourth-order valence-electron chi connectivity index (χ4n) is 3.49. The van der Waals surface area contributed by atoms with Crippen LogP contribution in [0.1, 0.15) is 18.4 Å². The number of aromatic hydroxyl groups is 1. The average molecular weight is 408 g/mol. The quantitative estimate of drug-likeness (QED) is 0.670. The van der Waals surface area contributed by atoms with E-state index in [1.165, 1.54) is 12.1 Å². The zero-order valence-corrected chi connectivity index (χ0v) is 16.0. The number of carboxylic acid groups (broad SMARTS) is 1. The number of likely N-dealkylation sites (N-methyl/N-ethyl adjacent to an activating group) is 1. The molecule has 1 saturated heterocycles. The summed E-state index contributed by atoms with van der Waals surface area (Å²) in [4.78, 5) is 13.0. The van der Waals surface area contributed by atoms with Crippen LogP contribution in [0.4, 0.5) is 14.6 Å². The lowest BCUT2D eigenvalue weighted by Gasteiger charge is -2.35. The van der Waals surface area contributed by atoms with Gasteiger partial charge in [-0.25, -0.2) is 0 Å². The van der Waals surface area contributed by atoms with Crippen LogP contribution in [0.2, 0.25) is 0 Å². The maximum Gasteiger partial charge on any atom is 0.387 e. The zero-order chi connectivity index (χ0) is 21.1. The van der Waals surface area contributed by atoms with Crippen molar-refractivity contribution in [2.75, 3.05) is 18.9 Å². The van der Waals surface area contributed by atoms with Gasteiger partial charge < -0.3 is 20.3 Å². The Morgan fingerprint density at radius 2 is 2.07 bits per heavy atom. The molecule has 29 heavy (non-hydrogen) atoms. The molecule has 156 valence electrons. The number of carbonyl (C=O) groups is 1. The van der Waals surface area contributed by atoms with Crippen LogP contribution in [0.3, 0.4) is 0 Å². The lowest BCUT2D eigenvalue weighted by atomic mass is 9.99. The number of nitrogens with one attached hydrogen (secondary N) is 1. The van der Waals surface area contributed by atoms with Gasteiger partial charge in [0.1, 0.15) is 23.4 Å². The Morgan fingerprint density at radius 1 is 1.31 bits per heavy atom. The predicted octanol–water partition coefficient (Wildman–Crippen LogP) is 2.72. The van der Waals surface area contributed by atoms with E-state index in [2.05, 4.69) is 20.3 Å². The number of aromatic nitrogens is 2. The Hall–Kier alpha value is -3.01. The normalized spacial score (nSPS) is 19.9. The van der Waals surface area contributed by atoms with Crippen LogP contribution >= 0.6 is 0 Å². The molecule has 1 aromatic carbocycles. The van der Waals surface area contributed by atoms with Gasteiger partial charge in [-0.15, -0.1) is 10.2 Å². The van der Waals surface area contributed by atoms with Gasteiger partial charge in [0.25, 0.3) is 0 Å². The van der Waals surface area contributed by atoms with Crippen molar-refractivity contribution in [2.24, 2.45) is 0 Å². The van der Waals surface area contributed by atoms with Gasteiger partial charge in [-0.05, 0) is 50.6 Å². The molecule has 1 aromatic heterocycles. The smallest absolute Gasteiger partial charge is 0.387 e. The Kier molecular flexibility index (Phi) is 6.12. The topological polar surface area (TPSA) is 108 Å². The number of phenolic OH excluding ortho intramolecular Hbond substituents is 1. The summed E-state index contributed by atoms with van der Waals surface area (Å²) in [5.74, 6) is -0.674. The van der Waals surface area contributed by atoms with Gasteiger partial charge in [0.15, 0.2) is 0 Å². The molecule has 2 aromatic rings. The highest BCUT2D eigenvalue weighted by atomic mass is 19.3. The summed E-state index contributed by atoms with van der Waals surface area (Å²) in [5, 5.41) is 30.9. The molecule has 1 fully saturated rings. The number of piperidine rings is 1. The van der Waals surface area contributed by atoms with E-state index < -0.39 is 18.6 Å². The molecule has 2 atom stereocenters. The van der Waals surface area contributed by atoms with E-state index in [-0.39, 0.29) is 17.5 Å². The summed E-state index contributed by atoms with van der Waals surface area (Å²) in [6.07, 6.45) is 1.23. The van der Waals surface area contributed by atoms with Gasteiger partial charge >= 0.3 is 12.6 Å². The summed E-state index contributed by atoms with van der Waals surface area (Å²) in [5.41, 5.74) is 1.50. The second-order valence-corrected chi connectivity index (χ2v) is 7.03. The summed E-state index contributed by atoms with van der Waals surface area (Å²) in [7, 11) is 1.77. The first-order chi connectivity index (χ1) is 13.7. The Balaban J connectivity index is 1.72. The number of hydrogen-bond donors (Lipinski definition) is 3. The minimum absolute atomic E-state index is 0.0364. The van der Waals surface area contributed by atoms with Crippen molar-refractivity contribution in [3.8, 4) is 22.8 Å². The molecule has 2 heterocycles. The van der Waals surface area contributed by atoms with Crippen LogP contribution in [0.25, 0.3) is 11.3 Å². The van der Waals surface area contributed by atoms with Crippen molar-refractivity contribution in [2.45, 2.75) is 38.5 Å². The molecule has 0 bridgehead atoms. The first-order valence-electron chi connectivity index (χ1n) is 9.06. The maximum absolute atomic E-state index is 12.3. The fraction of sp³-hybridized carbons (Fsp3) is 0.421. The van der Waals surface area contributed by atoms with E-state index in [9.17, 15) is 23.8 Å². The molecule has 0 spiro atoms.